The van der Waals surface area contributed by atoms with Gasteiger partial charge in [-0.2, -0.15) is 0 Å². The molecule has 1 saturated heterocycles. The highest BCUT2D eigenvalue weighted by Crippen LogP contribution is 2.23. The Labute approximate surface area is 222 Å². The zero-order valence-electron chi connectivity index (χ0n) is 24.3. The molecular weight excluding hydrogens is 474 g/mol. The van der Waals surface area contributed by atoms with Crippen LogP contribution in [0, 0.1) is 11.3 Å². The predicted molar refractivity (Wildman–Crippen MR) is 143 cm³/mol. The average Bonchev–Trinajstić information content (AvgIpc) is 2.82. The van der Waals surface area contributed by atoms with E-state index in [4.69, 9.17) is 0 Å². The number of likely N-dealkylation sites (N-methyl/N-ethyl adjacent to an activating group) is 2. The molecule has 0 spiro atoms. The molecule has 2 N–H and O–H groups in total. The molecule has 10 nitrogen and oxygen atoms in total. The molecule has 0 aliphatic carbocycles. The summed E-state index contributed by atoms with van der Waals surface area (Å²) < 4.78 is 0. The van der Waals surface area contributed by atoms with Gasteiger partial charge in [0.2, 0.25) is 29.5 Å². The van der Waals surface area contributed by atoms with Crippen LogP contribution in [0.5, 0.6) is 0 Å². The van der Waals surface area contributed by atoms with Gasteiger partial charge in [0.15, 0.2) is 0 Å². The highest BCUT2D eigenvalue weighted by Gasteiger charge is 2.33. The molecule has 37 heavy (non-hydrogen) atoms. The van der Waals surface area contributed by atoms with Gasteiger partial charge < -0.3 is 25.3 Å². The Morgan fingerprint density at radius 2 is 1.43 bits per heavy atom. The van der Waals surface area contributed by atoms with E-state index in [-0.39, 0.29) is 29.7 Å². The molecule has 5 amide bonds. The van der Waals surface area contributed by atoms with E-state index in [1.807, 2.05) is 34.6 Å². The lowest BCUT2D eigenvalue weighted by Gasteiger charge is -2.33. The molecule has 0 saturated carbocycles. The van der Waals surface area contributed by atoms with Crippen molar-refractivity contribution in [2.75, 3.05) is 33.7 Å². The third kappa shape index (κ3) is 10.7. The lowest BCUT2D eigenvalue weighted by atomic mass is 9.87. The molecule has 10 heteroatoms. The molecule has 0 unspecified atom stereocenters. The van der Waals surface area contributed by atoms with Crippen LogP contribution in [0.3, 0.4) is 0 Å². The fraction of sp³-hybridized carbons (Fsp3) is 0.815. The zero-order valence-corrected chi connectivity index (χ0v) is 24.3. The maximum Gasteiger partial charge on any atom is 0.244 e. The van der Waals surface area contributed by atoms with E-state index in [0.29, 0.717) is 25.9 Å². The minimum atomic E-state index is -0.786. The number of carbonyl (C=O) groups is 5. The van der Waals surface area contributed by atoms with Crippen LogP contribution in [0.2, 0.25) is 0 Å². The van der Waals surface area contributed by atoms with Gasteiger partial charge in [0, 0.05) is 34.1 Å². The molecule has 1 fully saturated rings. The van der Waals surface area contributed by atoms with Crippen molar-refractivity contribution in [2.45, 2.75) is 98.7 Å². The summed E-state index contributed by atoms with van der Waals surface area (Å²) in [5.41, 5.74) is -0.213. The number of nitrogens with zero attached hydrogens (tertiary/aromatic N) is 3. The largest absolute Gasteiger partial charge is 0.345 e. The van der Waals surface area contributed by atoms with Gasteiger partial charge in [-0.3, -0.25) is 24.0 Å². The SMILES string of the molecule is CC(=O)N(C)[C@@H](CC(C)(C)C)C(=O)NCC(=O)N(C)[C@@H](CC(C)C)C(=O)N[C@@H](C)C(=O)N1CCCCC1. The van der Waals surface area contributed by atoms with Crippen LogP contribution in [0.4, 0.5) is 0 Å². The van der Waals surface area contributed by atoms with E-state index in [0.717, 1.165) is 19.3 Å². The third-order valence-corrected chi connectivity index (χ3v) is 6.74. The second-order valence-corrected chi connectivity index (χ2v) is 11.9. The summed E-state index contributed by atoms with van der Waals surface area (Å²) in [7, 11) is 3.11. The van der Waals surface area contributed by atoms with E-state index in [2.05, 4.69) is 10.6 Å². The summed E-state index contributed by atoms with van der Waals surface area (Å²) in [4.78, 5) is 68.4. The van der Waals surface area contributed by atoms with Crippen LogP contribution in [0.1, 0.15) is 80.6 Å². The van der Waals surface area contributed by atoms with Gasteiger partial charge in [0.25, 0.3) is 0 Å². The van der Waals surface area contributed by atoms with E-state index in [1.54, 1.807) is 18.9 Å². The minimum absolute atomic E-state index is 0.114. The summed E-state index contributed by atoms with van der Waals surface area (Å²) in [6.07, 6.45) is 3.87. The fourth-order valence-corrected chi connectivity index (χ4v) is 4.43. The molecule has 0 radical (unpaired) electrons. The number of nitrogens with one attached hydrogen (secondary N) is 2. The first-order valence-corrected chi connectivity index (χ1v) is 13.4. The first-order chi connectivity index (χ1) is 17.0. The molecule has 1 heterocycles. The lowest BCUT2D eigenvalue weighted by molar-refractivity contribution is -0.143. The number of piperidine rings is 1. The second-order valence-electron chi connectivity index (χ2n) is 11.9. The first-order valence-electron chi connectivity index (χ1n) is 13.4. The van der Waals surface area contributed by atoms with Crippen LogP contribution in [-0.2, 0) is 24.0 Å². The Morgan fingerprint density at radius 1 is 0.865 bits per heavy atom. The third-order valence-electron chi connectivity index (χ3n) is 6.74. The van der Waals surface area contributed by atoms with Crippen molar-refractivity contribution in [3.8, 4) is 0 Å². The van der Waals surface area contributed by atoms with Gasteiger partial charge >= 0.3 is 0 Å². The number of likely N-dealkylation sites (tertiary alicyclic amines) is 1. The molecule has 1 aliphatic rings. The lowest BCUT2D eigenvalue weighted by Crippen LogP contribution is -2.56. The van der Waals surface area contributed by atoms with Crippen molar-refractivity contribution in [1.82, 2.24) is 25.3 Å². The number of hydrogen-bond donors (Lipinski definition) is 2. The summed E-state index contributed by atoms with van der Waals surface area (Å²) in [5, 5.41) is 5.45. The monoisotopic (exact) mass is 523 g/mol. The van der Waals surface area contributed by atoms with Crippen LogP contribution >= 0.6 is 0 Å². The summed E-state index contributed by atoms with van der Waals surface area (Å²) in [6, 6.07) is -2.19. The van der Waals surface area contributed by atoms with Gasteiger partial charge in [0.05, 0.1) is 6.54 Å². The molecule has 3 atom stereocenters. The molecule has 1 aliphatic heterocycles. The van der Waals surface area contributed by atoms with Crippen molar-refractivity contribution in [3.05, 3.63) is 0 Å². The molecule has 1 rings (SSSR count). The quantitative estimate of drug-likeness (QED) is 0.428. The van der Waals surface area contributed by atoms with Crippen molar-refractivity contribution in [1.29, 1.82) is 0 Å². The predicted octanol–water partition coefficient (Wildman–Crippen LogP) is 1.78. The van der Waals surface area contributed by atoms with Gasteiger partial charge in [-0.05, 0) is 50.4 Å². The first kappa shape index (κ1) is 32.4. The van der Waals surface area contributed by atoms with Crippen molar-refractivity contribution in [2.24, 2.45) is 11.3 Å². The van der Waals surface area contributed by atoms with Gasteiger partial charge in [-0.15, -0.1) is 0 Å². The number of hydrogen-bond acceptors (Lipinski definition) is 5. The highest BCUT2D eigenvalue weighted by molar-refractivity contribution is 5.94. The maximum absolute atomic E-state index is 13.2. The van der Waals surface area contributed by atoms with Crippen LogP contribution in [0.15, 0.2) is 0 Å². The second kappa shape index (κ2) is 14.3. The van der Waals surface area contributed by atoms with E-state index in [1.165, 1.54) is 23.8 Å². The molecule has 0 aromatic rings. The smallest absolute Gasteiger partial charge is 0.244 e. The summed E-state index contributed by atoms with van der Waals surface area (Å²) in [6.45, 7) is 14.0. The molecular formula is C27H49N5O5. The van der Waals surface area contributed by atoms with Crippen LogP contribution < -0.4 is 10.6 Å². The molecule has 0 bridgehead atoms. The highest BCUT2D eigenvalue weighted by atomic mass is 16.2. The Bertz CT molecular complexity index is 816. The van der Waals surface area contributed by atoms with Gasteiger partial charge in [-0.1, -0.05) is 34.6 Å². The van der Waals surface area contributed by atoms with Gasteiger partial charge in [0.1, 0.15) is 18.1 Å². The standard InChI is InChI=1S/C27H49N5O5/c1-18(2)15-21(25(36)29-19(3)26(37)32-13-11-10-12-14-32)31(9)23(34)17-28-24(35)22(16-27(5,6)7)30(8)20(4)33/h18-19,21-22H,10-17H2,1-9H3,(H,28,35)(H,29,36)/t19-,21-,22-/m0/s1. The number of rotatable bonds is 11. The van der Waals surface area contributed by atoms with E-state index < -0.39 is 35.8 Å². The molecule has 0 aromatic heterocycles. The van der Waals surface area contributed by atoms with Crippen LogP contribution in [-0.4, -0.2) is 96.1 Å². The maximum atomic E-state index is 13.2. The van der Waals surface area contributed by atoms with Crippen molar-refractivity contribution in [3.63, 3.8) is 0 Å². The number of amides is 5. The van der Waals surface area contributed by atoms with Crippen molar-refractivity contribution >= 4 is 29.5 Å². The van der Waals surface area contributed by atoms with Gasteiger partial charge in [-0.25, -0.2) is 0 Å². The average molecular weight is 524 g/mol. The van der Waals surface area contributed by atoms with Crippen LogP contribution in [0.25, 0.3) is 0 Å². The Kier molecular flexibility index (Phi) is 12.5. The fourth-order valence-electron chi connectivity index (χ4n) is 4.43. The van der Waals surface area contributed by atoms with E-state index >= 15 is 0 Å². The minimum Gasteiger partial charge on any atom is -0.345 e. The zero-order chi connectivity index (χ0) is 28.5. The summed E-state index contributed by atoms with van der Waals surface area (Å²) in [5.74, 6) is -1.47. The molecule has 0 aromatic carbocycles. The Morgan fingerprint density at radius 3 is 1.92 bits per heavy atom. The Balaban J connectivity index is 2.86. The molecule has 212 valence electrons. The topological polar surface area (TPSA) is 119 Å². The summed E-state index contributed by atoms with van der Waals surface area (Å²) >= 11 is 0. The van der Waals surface area contributed by atoms with E-state index in [9.17, 15) is 24.0 Å². The Hall–Kier alpha value is -2.65. The normalized spacial score (nSPS) is 16.4. The van der Waals surface area contributed by atoms with Crippen molar-refractivity contribution < 1.29 is 24.0 Å². The number of carbonyl (C=O) groups excluding carboxylic acids is 5.